The molecule has 5 rings (SSSR count). The maximum absolute atomic E-state index is 12.5. The second-order valence-electron chi connectivity index (χ2n) is 9.19. The van der Waals surface area contributed by atoms with E-state index < -0.39 is 10.8 Å². The quantitative estimate of drug-likeness (QED) is 0.737. The lowest BCUT2D eigenvalue weighted by Crippen LogP contribution is -2.37. The second-order valence-corrected chi connectivity index (χ2v) is 11.1. The number of benzene rings is 1. The molecule has 0 saturated heterocycles. The van der Waals surface area contributed by atoms with E-state index >= 15 is 0 Å². The van der Waals surface area contributed by atoms with Crippen LogP contribution >= 0.6 is 11.6 Å². The van der Waals surface area contributed by atoms with E-state index in [2.05, 4.69) is 16.7 Å². The third-order valence-electron chi connectivity index (χ3n) is 7.47. The average molecular weight is 433 g/mol. The molecule has 29 heavy (non-hydrogen) atoms. The van der Waals surface area contributed by atoms with Gasteiger partial charge in [-0.05, 0) is 62.1 Å². The van der Waals surface area contributed by atoms with Gasteiger partial charge >= 0.3 is 0 Å². The zero-order valence-electron chi connectivity index (χ0n) is 16.8. The minimum Gasteiger partial charge on any atom is -0.396 e. The fourth-order valence-corrected chi connectivity index (χ4v) is 6.92. The molecule has 1 aromatic carbocycles. The molecule has 1 atom stereocenters. The summed E-state index contributed by atoms with van der Waals surface area (Å²) in [6.45, 7) is 0.233. The summed E-state index contributed by atoms with van der Waals surface area (Å²) in [4.78, 5) is 4.89. The van der Waals surface area contributed by atoms with Crippen LogP contribution < -0.4 is 0 Å². The number of rotatable bonds is 5. The molecule has 1 aromatic heterocycles. The van der Waals surface area contributed by atoms with E-state index in [1.807, 2.05) is 12.1 Å². The summed E-state index contributed by atoms with van der Waals surface area (Å²) in [6, 6.07) is 8.75. The number of aromatic nitrogens is 2. The van der Waals surface area contributed by atoms with Gasteiger partial charge in [-0.3, -0.25) is 4.21 Å². The number of imidazole rings is 1. The highest BCUT2D eigenvalue weighted by atomic mass is 35.5. The third-order valence-corrected chi connectivity index (χ3v) is 9.06. The maximum Gasteiger partial charge on any atom is 0.148 e. The highest BCUT2D eigenvalue weighted by Gasteiger charge is 2.40. The van der Waals surface area contributed by atoms with Crippen molar-refractivity contribution in [3.05, 3.63) is 46.4 Å². The number of halogens is 1. The number of aliphatic hydroxyl groups excluding tert-OH is 1. The summed E-state index contributed by atoms with van der Waals surface area (Å²) in [5.74, 6) is 2.38. The molecule has 0 spiro atoms. The summed E-state index contributed by atoms with van der Waals surface area (Å²) >= 11 is 6.05. The topological polar surface area (TPSA) is 55.1 Å². The van der Waals surface area contributed by atoms with Gasteiger partial charge in [-0.25, -0.2) is 4.98 Å². The predicted molar refractivity (Wildman–Crippen MR) is 116 cm³/mol. The molecule has 2 saturated carbocycles. The Morgan fingerprint density at radius 3 is 2.52 bits per heavy atom. The van der Waals surface area contributed by atoms with E-state index in [1.165, 1.54) is 17.7 Å². The van der Waals surface area contributed by atoms with Gasteiger partial charge in [0.2, 0.25) is 0 Å². The lowest BCUT2D eigenvalue weighted by atomic mass is 9.67. The van der Waals surface area contributed by atoms with Gasteiger partial charge in [0.25, 0.3) is 0 Å². The molecule has 6 heteroatoms. The van der Waals surface area contributed by atoms with Crippen LogP contribution in [0.5, 0.6) is 0 Å². The smallest absolute Gasteiger partial charge is 0.148 e. The highest BCUT2D eigenvalue weighted by molar-refractivity contribution is 7.85. The molecule has 156 valence electrons. The van der Waals surface area contributed by atoms with Crippen LogP contribution in [0.2, 0.25) is 5.02 Å². The molecular formula is C23H29ClN2O2S. The largest absolute Gasteiger partial charge is 0.396 e. The summed E-state index contributed by atoms with van der Waals surface area (Å²) in [6.07, 6.45) is 9.62. The standard InChI is InChI=1S/C23H29ClN2O2S/c24-18-6-2-16(3-7-18)17-4-8-19(9-5-17)26-20-10-13-29(28)22(20)25-21(26)14-23(15-27)11-1-12-23/h2-3,6-7,17,19,27H,1,4-5,8-15H2/t17?,19?,29-/m1/s1. The summed E-state index contributed by atoms with van der Waals surface area (Å²) < 4.78 is 14.9. The molecule has 2 aromatic rings. The first-order valence-electron chi connectivity index (χ1n) is 10.9. The zero-order chi connectivity index (χ0) is 20.0. The van der Waals surface area contributed by atoms with E-state index in [9.17, 15) is 9.32 Å². The molecule has 2 aliphatic carbocycles. The molecule has 1 aliphatic heterocycles. The molecule has 2 heterocycles. The fourth-order valence-electron chi connectivity index (χ4n) is 5.55. The number of nitrogens with zero attached hydrogens (tertiary/aromatic N) is 2. The number of hydrogen-bond donors (Lipinski definition) is 1. The molecule has 3 aliphatic rings. The molecule has 0 radical (unpaired) electrons. The lowest BCUT2D eigenvalue weighted by Gasteiger charge is -2.41. The molecule has 0 unspecified atom stereocenters. The van der Waals surface area contributed by atoms with Crippen molar-refractivity contribution in [2.45, 2.75) is 74.8 Å². The van der Waals surface area contributed by atoms with Gasteiger partial charge in [-0.15, -0.1) is 0 Å². The molecule has 0 bridgehead atoms. The fraction of sp³-hybridized carbons (Fsp3) is 0.609. The van der Waals surface area contributed by atoms with E-state index in [0.29, 0.717) is 17.7 Å². The highest BCUT2D eigenvalue weighted by Crippen LogP contribution is 2.46. The Bertz CT molecular complexity index is 906. The second kappa shape index (κ2) is 7.82. The van der Waals surface area contributed by atoms with Crippen molar-refractivity contribution in [3.63, 3.8) is 0 Å². The van der Waals surface area contributed by atoms with Crippen LogP contribution in [0.4, 0.5) is 0 Å². The third kappa shape index (κ3) is 3.60. The van der Waals surface area contributed by atoms with Crippen molar-refractivity contribution in [2.75, 3.05) is 12.4 Å². The first kappa shape index (κ1) is 19.8. The predicted octanol–water partition coefficient (Wildman–Crippen LogP) is 4.80. The Balaban J connectivity index is 1.38. The van der Waals surface area contributed by atoms with Crippen molar-refractivity contribution in [1.82, 2.24) is 9.55 Å². The Kier molecular flexibility index (Phi) is 5.34. The van der Waals surface area contributed by atoms with Gasteiger partial charge in [0, 0.05) is 41.7 Å². The maximum atomic E-state index is 12.5. The van der Waals surface area contributed by atoms with Gasteiger partial charge in [-0.2, -0.15) is 0 Å². The molecular weight excluding hydrogens is 404 g/mol. The van der Waals surface area contributed by atoms with Gasteiger partial charge in [0.05, 0.1) is 16.5 Å². The Morgan fingerprint density at radius 1 is 1.17 bits per heavy atom. The van der Waals surface area contributed by atoms with E-state index in [1.54, 1.807) is 0 Å². The minimum absolute atomic E-state index is 0.00115. The summed E-state index contributed by atoms with van der Waals surface area (Å²) in [7, 11) is -0.952. The molecule has 1 N–H and O–H groups in total. The number of hydrogen-bond acceptors (Lipinski definition) is 3. The van der Waals surface area contributed by atoms with E-state index in [4.69, 9.17) is 16.6 Å². The number of fused-ring (bicyclic) bond motifs is 1. The first-order valence-corrected chi connectivity index (χ1v) is 12.6. The van der Waals surface area contributed by atoms with Crippen molar-refractivity contribution < 1.29 is 9.32 Å². The zero-order valence-corrected chi connectivity index (χ0v) is 18.4. The van der Waals surface area contributed by atoms with Crippen LogP contribution in [0.25, 0.3) is 0 Å². The van der Waals surface area contributed by atoms with Crippen molar-refractivity contribution in [3.8, 4) is 0 Å². The van der Waals surface area contributed by atoms with Crippen molar-refractivity contribution >= 4 is 22.4 Å². The van der Waals surface area contributed by atoms with Crippen LogP contribution in [-0.2, 0) is 23.6 Å². The van der Waals surface area contributed by atoms with Crippen LogP contribution in [0.15, 0.2) is 29.3 Å². The van der Waals surface area contributed by atoms with E-state index in [0.717, 1.165) is 67.2 Å². The Labute approximate surface area is 180 Å². The summed E-state index contributed by atoms with van der Waals surface area (Å²) in [5.41, 5.74) is 2.60. The van der Waals surface area contributed by atoms with Crippen molar-refractivity contribution in [1.29, 1.82) is 0 Å². The minimum atomic E-state index is -0.952. The molecule has 4 nitrogen and oxygen atoms in total. The Hall–Kier alpha value is -1.17. The van der Waals surface area contributed by atoms with Gasteiger partial charge in [0.15, 0.2) is 0 Å². The van der Waals surface area contributed by atoms with Gasteiger partial charge in [-0.1, -0.05) is 30.2 Å². The number of aliphatic hydroxyl groups is 1. The van der Waals surface area contributed by atoms with Gasteiger partial charge < -0.3 is 9.67 Å². The Morgan fingerprint density at radius 2 is 1.90 bits per heavy atom. The van der Waals surface area contributed by atoms with E-state index in [-0.39, 0.29) is 12.0 Å². The lowest BCUT2D eigenvalue weighted by molar-refractivity contribution is 0.0415. The monoisotopic (exact) mass is 432 g/mol. The average Bonchev–Trinajstić information content (AvgIpc) is 3.24. The SMILES string of the molecule is O=[S@@]1CCc2c1nc(CC1(CO)CCC1)n2C1CCC(c2ccc(Cl)cc2)CC1. The van der Waals surface area contributed by atoms with Crippen LogP contribution in [0.1, 0.15) is 74.0 Å². The van der Waals surface area contributed by atoms with Crippen LogP contribution in [0, 0.1) is 5.41 Å². The molecule has 0 amide bonds. The molecule has 2 fully saturated rings. The van der Waals surface area contributed by atoms with Crippen molar-refractivity contribution in [2.24, 2.45) is 5.41 Å². The summed E-state index contributed by atoms with van der Waals surface area (Å²) in [5, 5.41) is 11.6. The van der Waals surface area contributed by atoms with Gasteiger partial charge in [0.1, 0.15) is 10.9 Å². The van der Waals surface area contributed by atoms with Crippen LogP contribution in [0.3, 0.4) is 0 Å². The first-order chi connectivity index (χ1) is 14.1. The van der Waals surface area contributed by atoms with Crippen LogP contribution in [-0.4, -0.2) is 31.2 Å². The normalized spacial score (nSPS) is 28.1.